The summed E-state index contributed by atoms with van der Waals surface area (Å²) >= 11 is 0. The molecule has 0 aromatic heterocycles. The van der Waals surface area contributed by atoms with Gasteiger partial charge in [0, 0.05) is 19.0 Å². The maximum Gasteiger partial charge on any atom is 0.313 e. The van der Waals surface area contributed by atoms with Gasteiger partial charge in [-0.15, -0.1) is 0 Å². The van der Waals surface area contributed by atoms with Gasteiger partial charge in [-0.2, -0.15) is 0 Å². The first kappa shape index (κ1) is 11.9. The smallest absolute Gasteiger partial charge is 0.313 e. The minimum absolute atomic E-state index is 0.101. The van der Waals surface area contributed by atoms with Crippen LogP contribution < -0.4 is 5.32 Å². The summed E-state index contributed by atoms with van der Waals surface area (Å²) in [5, 5.41) is 3.12. The van der Waals surface area contributed by atoms with E-state index in [2.05, 4.69) is 5.32 Å². The third-order valence-corrected chi connectivity index (χ3v) is 5.35. The summed E-state index contributed by atoms with van der Waals surface area (Å²) in [5.74, 6) is -0.145. The van der Waals surface area contributed by atoms with Gasteiger partial charge in [0.1, 0.15) is 0 Å². The number of hydrogen-bond acceptors (Lipinski definition) is 5. The van der Waals surface area contributed by atoms with Crippen molar-refractivity contribution in [3.63, 3.8) is 0 Å². The number of fused-ring (bicyclic) bond motifs is 1. The second-order valence-electron chi connectivity index (χ2n) is 4.57. The normalized spacial score (nSPS) is 36.7. The van der Waals surface area contributed by atoms with Gasteiger partial charge in [-0.05, 0) is 13.3 Å². The quantitative estimate of drug-likeness (QED) is 0.671. The highest BCUT2D eigenvalue weighted by molar-refractivity contribution is 7.91. The molecule has 2 fully saturated rings. The Bertz CT molecular complexity index is 392. The predicted octanol–water partition coefficient (Wildman–Crippen LogP) is -0.426. The Labute approximate surface area is 95.5 Å². The predicted molar refractivity (Wildman–Crippen MR) is 58.7 cm³/mol. The van der Waals surface area contributed by atoms with Crippen molar-refractivity contribution >= 4 is 15.8 Å². The third-order valence-electron chi connectivity index (χ3n) is 3.61. The molecule has 0 amide bonds. The van der Waals surface area contributed by atoms with Crippen LogP contribution in [-0.2, 0) is 19.4 Å². The number of carbonyl (C=O) groups is 1. The zero-order valence-corrected chi connectivity index (χ0v) is 10.2. The first-order valence-electron chi connectivity index (χ1n) is 5.58. The van der Waals surface area contributed by atoms with Gasteiger partial charge in [-0.1, -0.05) is 0 Å². The molecule has 2 aliphatic heterocycles. The Balaban J connectivity index is 2.23. The van der Waals surface area contributed by atoms with Crippen molar-refractivity contribution in [3.05, 3.63) is 0 Å². The van der Waals surface area contributed by atoms with E-state index in [1.165, 1.54) is 0 Å². The number of ether oxygens (including phenoxy) is 1. The summed E-state index contributed by atoms with van der Waals surface area (Å²) in [6, 6.07) is 0. The lowest BCUT2D eigenvalue weighted by molar-refractivity contribution is -0.156. The van der Waals surface area contributed by atoms with Crippen molar-refractivity contribution in [1.82, 2.24) is 5.32 Å². The van der Waals surface area contributed by atoms with Gasteiger partial charge in [0.05, 0.1) is 23.5 Å². The van der Waals surface area contributed by atoms with E-state index in [4.69, 9.17) is 4.74 Å². The van der Waals surface area contributed by atoms with Crippen LogP contribution in [0.4, 0.5) is 0 Å². The van der Waals surface area contributed by atoms with E-state index in [1.54, 1.807) is 6.92 Å². The molecule has 0 spiro atoms. The Morgan fingerprint density at radius 2 is 2.31 bits per heavy atom. The van der Waals surface area contributed by atoms with Crippen molar-refractivity contribution in [2.75, 3.05) is 31.2 Å². The second kappa shape index (κ2) is 4.00. The second-order valence-corrected chi connectivity index (χ2v) is 6.80. The van der Waals surface area contributed by atoms with Gasteiger partial charge in [0.15, 0.2) is 9.84 Å². The monoisotopic (exact) mass is 247 g/mol. The average molecular weight is 247 g/mol. The van der Waals surface area contributed by atoms with Crippen LogP contribution in [0.25, 0.3) is 0 Å². The maximum absolute atomic E-state index is 12.0. The molecular formula is C10H17NO4S. The molecule has 0 radical (unpaired) electrons. The van der Waals surface area contributed by atoms with Crippen LogP contribution in [0.1, 0.15) is 13.3 Å². The third kappa shape index (κ3) is 1.84. The van der Waals surface area contributed by atoms with Crippen LogP contribution in [-0.4, -0.2) is 45.6 Å². The summed E-state index contributed by atoms with van der Waals surface area (Å²) in [6.45, 7) is 3.26. The molecule has 0 aromatic carbocycles. The molecule has 92 valence electrons. The molecule has 2 heterocycles. The van der Waals surface area contributed by atoms with Crippen molar-refractivity contribution in [2.45, 2.75) is 13.3 Å². The molecule has 0 aromatic rings. The fraction of sp³-hybridized carbons (Fsp3) is 0.900. The lowest BCUT2D eigenvalue weighted by atomic mass is 9.76. The Morgan fingerprint density at radius 1 is 1.56 bits per heavy atom. The van der Waals surface area contributed by atoms with E-state index in [-0.39, 0.29) is 23.4 Å². The summed E-state index contributed by atoms with van der Waals surface area (Å²) < 4.78 is 28.2. The van der Waals surface area contributed by atoms with Crippen molar-refractivity contribution in [3.8, 4) is 0 Å². The average Bonchev–Trinajstić information content (AvgIpc) is 2.60. The van der Waals surface area contributed by atoms with Gasteiger partial charge in [-0.3, -0.25) is 4.79 Å². The zero-order valence-electron chi connectivity index (χ0n) is 9.36. The van der Waals surface area contributed by atoms with Crippen LogP contribution in [0.15, 0.2) is 0 Å². The van der Waals surface area contributed by atoms with Crippen LogP contribution in [0, 0.1) is 11.3 Å². The van der Waals surface area contributed by atoms with Crippen molar-refractivity contribution in [1.29, 1.82) is 0 Å². The van der Waals surface area contributed by atoms with Gasteiger partial charge in [0.2, 0.25) is 0 Å². The fourth-order valence-corrected chi connectivity index (χ4v) is 4.56. The number of carbonyl (C=O) groups excluding carboxylic acids is 1. The highest BCUT2D eigenvalue weighted by atomic mass is 32.2. The molecular weight excluding hydrogens is 230 g/mol. The number of sulfone groups is 1. The lowest BCUT2D eigenvalue weighted by Crippen LogP contribution is -2.47. The first-order valence-corrected chi connectivity index (χ1v) is 7.41. The molecule has 0 aliphatic carbocycles. The summed E-state index contributed by atoms with van der Waals surface area (Å²) in [6.07, 6.45) is 0.395. The number of hydrogen-bond donors (Lipinski definition) is 1. The minimum Gasteiger partial charge on any atom is -0.466 e. The Morgan fingerprint density at radius 3 is 3.00 bits per heavy atom. The first-order chi connectivity index (χ1) is 7.50. The van der Waals surface area contributed by atoms with Crippen LogP contribution in [0.2, 0.25) is 0 Å². The summed E-state index contributed by atoms with van der Waals surface area (Å²) in [4.78, 5) is 12.0. The van der Waals surface area contributed by atoms with Gasteiger partial charge in [-0.25, -0.2) is 8.42 Å². The lowest BCUT2D eigenvalue weighted by Gasteiger charge is -2.35. The van der Waals surface area contributed by atoms with E-state index in [9.17, 15) is 13.2 Å². The molecule has 2 rings (SSSR count). The van der Waals surface area contributed by atoms with Crippen LogP contribution >= 0.6 is 0 Å². The zero-order chi connectivity index (χ0) is 11.8. The minimum atomic E-state index is -2.97. The SMILES string of the molecule is CCOC(=O)C12CCS(=O)(=O)CC1CNC2. The number of nitrogens with one attached hydrogen (secondary N) is 1. The fourth-order valence-electron chi connectivity index (χ4n) is 2.66. The standard InChI is InChI=1S/C10H17NO4S/c1-2-15-9(12)10-3-4-16(13,14)6-8(10)5-11-7-10/h8,11H,2-7H2,1H3. The van der Waals surface area contributed by atoms with Crippen LogP contribution in [0.5, 0.6) is 0 Å². The Kier molecular flexibility index (Phi) is 2.96. The van der Waals surface area contributed by atoms with E-state index in [0.717, 1.165) is 0 Å². The molecule has 5 nitrogen and oxygen atoms in total. The van der Waals surface area contributed by atoms with E-state index in [0.29, 0.717) is 26.1 Å². The van der Waals surface area contributed by atoms with Crippen LogP contribution in [0.3, 0.4) is 0 Å². The van der Waals surface area contributed by atoms with Crippen molar-refractivity contribution in [2.24, 2.45) is 11.3 Å². The molecule has 2 atom stereocenters. The summed E-state index contributed by atoms with van der Waals surface area (Å²) in [5.41, 5.74) is -0.596. The molecule has 0 saturated carbocycles. The van der Waals surface area contributed by atoms with Gasteiger partial charge < -0.3 is 10.1 Å². The number of esters is 1. The van der Waals surface area contributed by atoms with E-state index < -0.39 is 15.3 Å². The molecule has 2 aliphatic rings. The Hall–Kier alpha value is -0.620. The van der Waals surface area contributed by atoms with E-state index in [1.807, 2.05) is 0 Å². The molecule has 6 heteroatoms. The maximum atomic E-state index is 12.0. The van der Waals surface area contributed by atoms with Gasteiger partial charge >= 0.3 is 5.97 Å². The highest BCUT2D eigenvalue weighted by Crippen LogP contribution is 2.41. The van der Waals surface area contributed by atoms with Crippen molar-refractivity contribution < 1.29 is 17.9 Å². The topological polar surface area (TPSA) is 72.5 Å². The molecule has 1 N–H and O–H groups in total. The highest BCUT2D eigenvalue weighted by Gasteiger charge is 2.54. The number of rotatable bonds is 2. The molecule has 16 heavy (non-hydrogen) atoms. The molecule has 2 unspecified atom stereocenters. The van der Waals surface area contributed by atoms with Gasteiger partial charge in [0.25, 0.3) is 0 Å². The largest absolute Gasteiger partial charge is 0.466 e. The molecule has 2 saturated heterocycles. The summed E-state index contributed by atoms with van der Waals surface area (Å²) in [7, 11) is -2.97. The molecule has 0 bridgehead atoms. The van der Waals surface area contributed by atoms with E-state index >= 15 is 0 Å².